The highest BCUT2D eigenvalue weighted by molar-refractivity contribution is 5.99. The summed E-state index contributed by atoms with van der Waals surface area (Å²) in [6.07, 6.45) is 0. The zero-order valence-corrected chi connectivity index (χ0v) is 28.3. The first-order valence-corrected chi connectivity index (χ1v) is 17.4. The number of fused-ring (bicyclic) bond motifs is 4. The maximum Gasteiger partial charge on any atom is 0.0540 e. The molecule has 8 aromatic carbocycles. The number of anilines is 3. The van der Waals surface area contributed by atoms with E-state index in [0.29, 0.717) is 0 Å². The molecule has 0 unspecified atom stereocenters. The maximum atomic E-state index is 2.39. The summed E-state index contributed by atoms with van der Waals surface area (Å²) in [4.78, 5) is 2.38. The van der Waals surface area contributed by atoms with Crippen LogP contribution in [0.5, 0.6) is 0 Å². The summed E-state index contributed by atoms with van der Waals surface area (Å²) >= 11 is 0. The van der Waals surface area contributed by atoms with E-state index >= 15 is 0 Å². The van der Waals surface area contributed by atoms with E-state index in [-0.39, 0.29) is 5.41 Å². The van der Waals surface area contributed by atoms with Crippen LogP contribution in [-0.4, -0.2) is 0 Å². The molecule has 50 heavy (non-hydrogen) atoms. The van der Waals surface area contributed by atoms with Crippen LogP contribution >= 0.6 is 0 Å². The Kier molecular flexibility index (Phi) is 7.21. The van der Waals surface area contributed by atoms with Gasteiger partial charge in [0.1, 0.15) is 0 Å². The molecule has 238 valence electrons. The number of benzene rings is 8. The molecular weight excluding hydrogens is 603 g/mol. The quantitative estimate of drug-likeness (QED) is 0.175. The third kappa shape index (κ3) is 5.11. The fraction of sp³-hybridized carbons (Fsp3) is 0.0612. The first-order valence-electron chi connectivity index (χ1n) is 17.4. The van der Waals surface area contributed by atoms with Crippen molar-refractivity contribution in [3.63, 3.8) is 0 Å². The molecule has 9 rings (SSSR count). The molecule has 0 atom stereocenters. The summed E-state index contributed by atoms with van der Waals surface area (Å²) in [6.45, 7) is 4.67. The molecule has 1 aliphatic rings. The molecule has 1 aliphatic carbocycles. The minimum absolute atomic E-state index is 0.0118. The third-order valence-electron chi connectivity index (χ3n) is 10.5. The van der Waals surface area contributed by atoms with Gasteiger partial charge >= 0.3 is 0 Å². The predicted molar refractivity (Wildman–Crippen MR) is 213 cm³/mol. The van der Waals surface area contributed by atoms with Crippen molar-refractivity contribution in [1.29, 1.82) is 0 Å². The van der Waals surface area contributed by atoms with Gasteiger partial charge in [-0.3, -0.25) is 0 Å². The highest BCUT2D eigenvalue weighted by Gasteiger charge is 2.35. The Bertz CT molecular complexity index is 2480. The van der Waals surface area contributed by atoms with Crippen molar-refractivity contribution >= 4 is 27.8 Å². The zero-order valence-electron chi connectivity index (χ0n) is 28.3. The number of rotatable bonds is 6. The molecular formula is C49H37N. The third-order valence-corrected chi connectivity index (χ3v) is 10.5. The Morgan fingerprint density at radius 2 is 0.860 bits per heavy atom. The second-order valence-corrected chi connectivity index (χ2v) is 13.8. The summed E-state index contributed by atoms with van der Waals surface area (Å²) in [5.74, 6) is 0. The van der Waals surface area contributed by atoms with Gasteiger partial charge in [-0.1, -0.05) is 159 Å². The van der Waals surface area contributed by atoms with E-state index in [0.717, 1.165) is 17.1 Å². The van der Waals surface area contributed by atoms with Crippen molar-refractivity contribution in [2.45, 2.75) is 19.3 Å². The molecule has 1 nitrogen and oxygen atoms in total. The van der Waals surface area contributed by atoms with Crippen molar-refractivity contribution in [1.82, 2.24) is 0 Å². The highest BCUT2D eigenvalue weighted by atomic mass is 15.1. The molecule has 0 saturated carbocycles. The van der Waals surface area contributed by atoms with Gasteiger partial charge in [0, 0.05) is 22.2 Å². The minimum atomic E-state index is 0.0118. The van der Waals surface area contributed by atoms with Crippen LogP contribution in [0.1, 0.15) is 25.0 Å². The molecule has 0 heterocycles. The fourth-order valence-corrected chi connectivity index (χ4v) is 7.85. The summed E-state index contributed by atoms with van der Waals surface area (Å²) in [6, 6.07) is 68.5. The van der Waals surface area contributed by atoms with Crippen molar-refractivity contribution in [3.05, 3.63) is 199 Å². The van der Waals surface area contributed by atoms with Gasteiger partial charge < -0.3 is 4.90 Å². The Balaban J connectivity index is 1.08. The van der Waals surface area contributed by atoms with E-state index in [2.05, 4.69) is 207 Å². The zero-order chi connectivity index (χ0) is 33.7. The topological polar surface area (TPSA) is 3.24 Å². The number of hydrogen-bond donors (Lipinski definition) is 0. The molecule has 0 amide bonds. The minimum Gasteiger partial charge on any atom is -0.310 e. The van der Waals surface area contributed by atoms with E-state index in [4.69, 9.17) is 0 Å². The maximum absolute atomic E-state index is 2.39. The summed E-state index contributed by atoms with van der Waals surface area (Å²) in [5, 5.41) is 2.45. The highest BCUT2D eigenvalue weighted by Crippen LogP contribution is 2.49. The van der Waals surface area contributed by atoms with Crippen molar-refractivity contribution in [2.24, 2.45) is 0 Å². The van der Waals surface area contributed by atoms with Crippen LogP contribution in [0, 0.1) is 0 Å². The predicted octanol–water partition coefficient (Wildman–Crippen LogP) is 13.6. The molecule has 0 bridgehead atoms. The second-order valence-electron chi connectivity index (χ2n) is 13.8. The average Bonchev–Trinajstić information content (AvgIpc) is 3.41. The molecule has 0 aromatic heterocycles. The van der Waals surface area contributed by atoms with Crippen LogP contribution in [-0.2, 0) is 5.41 Å². The normalized spacial score (nSPS) is 12.8. The Hall–Kier alpha value is -6.18. The van der Waals surface area contributed by atoms with Crippen LogP contribution < -0.4 is 4.90 Å². The summed E-state index contributed by atoms with van der Waals surface area (Å²) < 4.78 is 0. The van der Waals surface area contributed by atoms with Crippen molar-refractivity contribution < 1.29 is 0 Å². The van der Waals surface area contributed by atoms with Gasteiger partial charge in [0.15, 0.2) is 0 Å². The van der Waals surface area contributed by atoms with Gasteiger partial charge in [0.2, 0.25) is 0 Å². The Morgan fingerprint density at radius 3 is 1.62 bits per heavy atom. The summed E-state index contributed by atoms with van der Waals surface area (Å²) in [7, 11) is 0. The Morgan fingerprint density at radius 1 is 0.360 bits per heavy atom. The molecule has 8 aromatic rings. The molecule has 0 fully saturated rings. The molecule has 1 heteroatoms. The second kappa shape index (κ2) is 12.1. The van der Waals surface area contributed by atoms with E-state index in [1.807, 2.05) is 0 Å². The van der Waals surface area contributed by atoms with Gasteiger partial charge in [-0.25, -0.2) is 0 Å². The van der Waals surface area contributed by atoms with Crippen LogP contribution in [0.25, 0.3) is 55.3 Å². The van der Waals surface area contributed by atoms with Crippen LogP contribution in [0.2, 0.25) is 0 Å². The molecule has 0 N–H and O–H groups in total. The lowest BCUT2D eigenvalue weighted by molar-refractivity contribution is 0.660. The monoisotopic (exact) mass is 639 g/mol. The van der Waals surface area contributed by atoms with E-state index in [1.165, 1.54) is 66.4 Å². The Labute approximate surface area is 294 Å². The number of hydrogen-bond acceptors (Lipinski definition) is 1. The van der Waals surface area contributed by atoms with Gasteiger partial charge in [-0.05, 0) is 103 Å². The lowest BCUT2D eigenvalue weighted by atomic mass is 9.82. The van der Waals surface area contributed by atoms with Crippen LogP contribution in [0.15, 0.2) is 188 Å². The standard InChI is InChI=1S/C49H37N/c1-49(2)46-20-9-8-19-44(46)45-33-40(26-31-47(45)49)39-17-10-16-38(32-39)36-24-29-42(30-25-36)50(48-21-11-15-37-14-6-7-18-43(37)48)41-27-22-35(23-28-41)34-12-4-3-5-13-34/h3-33H,1-2H3. The molecule has 0 radical (unpaired) electrons. The van der Waals surface area contributed by atoms with Crippen LogP contribution in [0.4, 0.5) is 17.1 Å². The fourth-order valence-electron chi connectivity index (χ4n) is 7.85. The van der Waals surface area contributed by atoms with Gasteiger partial charge in [-0.15, -0.1) is 0 Å². The van der Waals surface area contributed by atoms with E-state index in [9.17, 15) is 0 Å². The van der Waals surface area contributed by atoms with E-state index in [1.54, 1.807) is 0 Å². The largest absolute Gasteiger partial charge is 0.310 e. The first kappa shape index (κ1) is 29.9. The SMILES string of the molecule is CC1(C)c2ccccc2-c2cc(-c3cccc(-c4ccc(N(c5ccc(-c6ccccc6)cc5)c5cccc6ccccc56)cc4)c3)ccc21. The average molecular weight is 640 g/mol. The van der Waals surface area contributed by atoms with Gasteiger partial charge in [-0.2, -0.15) is 0 Å². The lowest BCUT2D eigenvalue weighted by Crippen LogP contribution is -2.14. The molecule has 0 saturated heterocycles. The van der Waals surface area contributed by atoms with Crippen molar-refractivity contribution in [2.75, 3.05) is 4.90 Å². The molecule has 0 aliphatic heterocycles. The van der Waals surface area contributed by atoms with Crippen molar-refractivity contribution in [3.8, 4) is 44.5 Å². The smallest absolute Gasteiger partial charge is 0.0540 e. The first-order chi connectivity index (χ1) is 24.5. The molecule has 0 spiro atoms. The lowest BCUT2D eigenvalue weighted by Gasteiger charge is -2.27. The summed E-state index contributed by atoms with van der Waals surface area (Å²) in [5.41, 5.74) is 16.2. The van der Waals surface area contributed by atoms with Gasteiger partial charge in [0.25, 0.3) is 0 Å². The van der Waals surface area contributed by atoms with Crippen LogP contribution in [0.3, 0.4) is 0 Å². The number of nitrogens with zero attached hydrogens (tertiary/aromatic N) is 1. The van der Waals surface area contributed by atoms with Gasteiger partial charge in [0.05, 0.1) is 5.69 Å². The van der Waals surface area contributed by atoms with E-state index < -0.39 is 0 Å².